The van der Waals surface area contributed by atoms with Gasteiger partial charge in [0.25, 0.3) is 5.91 Å². The third kappa shape index (κ3) is 5.47. The molecule has 0 unspecified atom stereocenters. The van der Waals surface area contributed by atoms with Crippen molar-refractivity contribution in [3.05, 3.63) is 45.8 Å². The Kier molecular flexibility index (Phi) is 7.81. The van der Waals surface area contributed by atoms with Gasteiger partial charge in [-0.15, -0.1) is 0 Å². The number of aryl methyl sites for hydroxylation is 1. The number of carbonyl (C=O) groups is 3. The van der Waals surface area contributed by atoms with Crippen LogP contribution in [0.3, 0.4) is 0 Å². The zero-order chi connectivity index (χ0) is 25.9. The fourth-order valence-electron chi connectivity index (χ4n) is 5.77. The number of hydrogen-bond donors (Lipinski definition) is 2. The minimum atomic E-state index is -0.604. The van der Waals surface area contributed by atoms with Crippen LogP contribution in [0.1, 0.15) is 74.9 Å². The van der Waals surface area contributed by atoms with Crippen LogP contribution in [0.2, 0.25) is 0 Å². The largest absolute Gasteiger partial charge is 0.451 e. The Hall–Kier alpha value is -3.16. The molecule has 3 amide bonds. The number of likely N-dealkylation sites (tertiary alicyclic amines) is 1. The van der Waals surface area contributed by atoms with E-state index in [0.29, 0.717) is 42.8 Å². The number of nitrogens with zero attached hydrogens (tertiary/aromatic N) is 1. The molecule has 1 aliphatic carbocycles. The van der Waals surface area contributed by atoms with Crippen LogP contribution in [0.5, 0.6) is 0 Å². The molecule has 2 heterocycles. The molecule has 1 saturated heterocycles. The van der Waals surface area contributed by atoms with Crippen LogP contribution in [0.4, 0.5) is 0 Å². The van der Waals surface area contributed by atoms with Gasteiger partial charge in [0, 0.05) is 25.2 Å². The number of rotatable bonds is 6. The van der Waals surface area contributed by atoms with Crippen LogP contribution in [0.15, 0.2) is 33.5 Å². The van der Waals surface area contributed by atoms with Gasteiger partial charge in [0.05, 0.1) is 17.3 Å². The first-order valence-corrected chi connectivity index (χ1v) is 13.1. The summed E-state index contributed by atoms with van der Waals surface area (Å²) in [5, 5.41) is 6.14. The van der Waals surface area contributed by atoms with Crippen molar-refractivity contribution in [2.75, 3.05) is 19.6 Å². The zero-order valence-electron chi connectivity index (χ0n) is 21.5. The van der Waals surface area contributed by atoms with E-state index in [1.54, 1.807) is 17.0 Å². The van der Waals surface area contributed by atoms with E-state index in [2.05, 4.69) is 10.6 Å². The van der Waals surface area contributed by atoms with Crippen LogP contribution >= 0.6 is 0 Å². The first-order valence-electron chi connectivity index (χ1n) is 13.1. The van der Waals surface area contributed by atoms with Crippen LogP contribution in [0, 0.1) is 18.3 Å². The molecule has 1 aliphatic heterocycles. The van der Waals surface area contributed by atoms with Crippen molar-refractivity contribution in [1.29, 1.82) is 0 Å². The fourth-order valence-corrected chi connectivity index (χ4v) is 5.77. The quantitative estimate of drug-likeness (QED) is 0.637. The number of benzene rings is 1. The van der Waals surface area contributed by atoms with Crippen LogP contribution < -0.4 is 16.1 Å². The Balaban J connectivity index is 1.38. The Morgan fingerprint density at radius 1 is 1.08 bits per heavy atom. The first-order chi connectivity index (χ1) is 17.2. The summed E-state index contributed by atoms with van der Waals surface area (Å²) in [6, 6.07) is 6.43. The maximum absolute atomic E-state index is 13.3. The molecule has 2 aliphatic rings. The van der Waals surface area contributed by atoms with E-state index in [0.717, 1.165) is 37.3 Å². The molecule has 1 saturated carbocycles. The summed E-state index contributed by atoms with van der Waals surface area (Å²) in [7, 11) is 0. The third-order valence-electron chi connectivity index (χ3n) is 7.77. The molecule has 1 aromatic carbocycles. The summed E-state index contributed by atoms with van der Waals surface area (Å²) < 4.78 is 5.61. The molecular formula is C28H37N3O5. The predicted octanol–water partition coefficient (Wildman–Crippen LogP) is 3.54. The molecular weight excluding hydrogens is 458 g/mol. The number of hydrogen-bond acceptors (Lipinski definition) is 5. The van der Waals surface area contributed by atoms with E-state index < -0.39 is 11.3 Å². The molecule has 2 fully saturated rings. The van der Waals surface area contributed by atoms with Gasteiger partial charge in [0.1, 0.15) is 5.58 Å². The maximum atomic E-state index is 13.3. The Bertz CT molecular complexity index is 1190. The molecule has 2 aromatic rings. The Labute approximate surface area is 211 Å². The topological polar surface area (TPSA) is 109 Å². The second-order valence-electron chi connectivity index (χ2n) is 10.7. The van der Waals surface area contributed by atoms with Crippen molar-refractivity contribution in [2.24, 2.45) is 11.3 Å². The standard InChI is InChI=1S/C28H37N3O5/c1-18(2)30-27(35)28(20-7-5-4-6-8-20)11-13-31(14-12-28)25(33)17-29-26(34)24-16-22(32)21-15-19(3)9-10-23(21)36-24/h9-10,15-16,18,20H,4-8,11-14,17H2,1-3H3,(H,29,34)(H,30,35). The number of carbonyl (C=O) groups excluding carboxylic acids is 3. The number of amides is 3. The highest BCUT2D eigenvalue weighted by Crippen LogP contribution is 2.46. The van der Waals surface area contributed by atoms with Crippen molar-refractivity contribution >= 4 is 28.7 Å². The molecule has 4 rings (SSSR count). The smallest absolute Gasteiger partial charge is 0.287 e. The van der Waals surface area contributed by atoms with E-state index >= 15 is 0 Å². The molecule has 2 N–H and O–H groups in total. The summed E-state index contributed by atoms with van der Waals surface area (Å²) >= 11 is 0. The van der Waals surface area contributed by atoms with Crippen molar-refractivity contribution in [3.8, 4) is 0 Å². The molecule has 1 aromatic heterocycles. The average molecular weight is 496 g/mol. The van der Waals surface area contributed by atoms with Crippen LogP contribution in [-0.2, 0) is 9.59 Å². The van der Waals surface area contributed by atoms with Gasteiger partial charge in [-0.05, 0) is 64.5 Å². The van der Waals surface area contributed by atoms with E-state index in [9.17, 15) is 19.2 Å². The van der Waals surface area contributed by atoms with Gasteiger partial charge in [-0.3, -0.25) is 19.2 Å². The lowest BCUT2D eigenvalue weighted by Gasteiger charge is -2.47. The van der Waals surface area contributed by atoms with E-state index in [1.165, 1.54) is 6.42 Å². The van der Waals surface area contributed by atoms with E-state index in [1.807, 2.05) is 26.8 Å². The summed E-state index contributed by atoms with van der Waals surface area (Å²) in [5.74, 6) is -0.464. The van der Waals surface area contributed by atoms with Crippen molar-refractivity contribution in [1.82, 2.24) is 15.5 Å². The highest BCUT2D eigenvalue weighted by molar-refractivity contribution is 5.95. The minimum absolute atomic E-state index is 0.0759. The van der Waals surface area contributed by atoms with E-state index in [4.69, 9.17) is 4.42 Å². The van der Waals surface area contributed by atoms with Gasteiger partial charge in [-0.2, -0.15) is 0 Å². The van der Waals surface area contributed by atoms with Crippen molar-refractivity contribution in [3.63, 3.8) is 0 Å². The van der Waals surface area contributed by atoms with Crippen molar-refractivity contribution < 1.29 is 18.8 Å². The molecule has 8 heteroatoms. The zero-order valence-corrected chi connectivity index (χ0v) is 21.5. The minimum Gasteiger partial charge on any atom is -0.451 e. The van der Waals surface area contributed by atoms with Crippen LogP contribution in [-0.4, -0.2) is 48.3 Å². The third-order valence-corrected chi connectivity index (χ3v) is 7.77. The average Bonchev–Trinajstić information content (AvgIpc) is 2.87. The van der Waals surface area contributed by atoms with Crippen LogP contribution in [0.25, 0.3) is 11.0 Å². The highest BCUT2D eigenvalue weighted by atomic mass is 16.3. The monoisotopic (exact) mass is 495 g/mol. The summed E-state index contributed by atoms with van der Waals surface area (Å²) in [6.45, 7) is 6.62. The van der Waals surface area contributed by atoms with Crippen molar-refractivity contribution in [2.45, 2.75) is 71.8 Å². The molecule has 0 atom stereocenters. The second kappa shape index (κ2) is 10.8. The number of fused-ring (bicyclic) bond motifs is 1. The molecule has 194 valence electrons. The van der Waals surface area contributed by atoms with Gasteiger partial charge in [-0.1, -0.05) is 30.9 Å². The molecule has 8 nitrogen and oxygen atoms in total. The lowest BCUT2D eigenvalue weighted by atomic mass is 9.63. The fraction of sp³-hybridized carbons (Fsp3) is 0.571. The predicted molar refractivity (Wildman–Crippen MR) is 138 cm³/mol. The summed E-state index contributed by atoms with van der Waals surface area (Å²) in [4.78, 5) is 53.0. The molecule has 0 bridgehead atoms. The Morgan fingerprint density at radius 2 is 1.78 bits per heavy atom. The molecule has 0 radical (unpaired) electrons. The molecule has 0 spiro atoms. The van der Waals surface area contributed by atoms with Gasteiger partial charge in [-0.25, -0.2) is 0 Å². The molecule has 36 heavy (non-hydrogen) atoms. The number of piperidine rings is 1. The van der Waals surface area contributed by atoms with E-state index in [-0.39, 0.29) is 35.6 Å². The summed E-state index contributed by atoms with van der Waals surface area (Å²) in [6.07, 6.45) is 6.92. The van der Waals surface area contributed by atoms with Gasteiger partial charge >= 0.3 is 0 Å². The SMILES string of the molecule is Cc1ccc2oc(C(=O)NCC(=O)N3CCC(C(=O)NC(C)C)(C4CCCCC4)CC3)cc(=O)c2c1. The summed E-state index contributed by atoms with van der Waals surface area (Å²) in [5.41, 5.74) is 0.524. The second-order valence-corrected chi connectivity index (χ2v) is 10.7. The van der Waals surface area contributed by atoms with Gasteiger partial charge < -0.3 is 20.0 Å². The first kappa shape index (κ1) is 25.9. The Morgan fingerprint density at radius 3 is 2.44 bits per heavy atom. The van der Waals surface area contributed by atoms with Gasteiger partial charge in [0.2, 0.25) is 11.8 Å². The number of nitrogens with one attached hydrogen (secondary N) is 2. The highest BCUT2D eigenvalue weighted by Gasteiger charge is 2.48. The van der Waals surface area contributed by atoms with Gasteiger partial charge in [0.15, 0.2) is 11.2 Å². The maximum Gasteiger partial charge on any atom is 0.287 e. The normalized spacial score (nSPS) is 18.3. The lowest BCUT2D eigenvalue weighted by Crippen LogP contribution is -2.55. The lowest BCUT2D eigenvalue weighted by molar-refractivity contribution is -0.145.